The van der Waals surface area contributed by atoms with Crippen LogP contribution in [0.3, 0.4) is 0 Å². The first-order valence-electron chi connectivity index (χ1n) is 12.9. The number of pyridine rings is 1. The highest BCUT2D eigenvalue weighted by molar-refractivity contribution is 6.12. The fraction of sp³-hybridized carbons (Fsp3) is 0.258. The maximum Gasteiger partial charge on any atom is 0.307 e. The number of aryl methyl sites for hydroxylation is 1. The van der Waals surface area contributed by atoms with Crippen LogP contribution >= 0.6 is 0 Å². The number of hydrogen-bond donors (Lipinski definition) is 2. The third-order valence-electron chi connectivity index (χ3n) is 7.08. The lowest BCUT2D eigenvalue weighted by Gasteiger charge is -2.24. The molecule has 1 fully saturated rings. The Morgan fingerprint density at radius 1 is 1.03 bits per heavy atom. The van der Waals surface area contributed by atoms with E-state index < -0.39 is 17.6 Å². The number of amides is 1. The second-order valence-corrected chi connectivity index (χ2v) is 10.2. The summed E-state index contributed by atoms with van der Waals surface area (Å²) in [7, 11) is 1.75. The lowest BCUT2D eigenvalue weighted by Crippen LogP contribution is -2.38. The molecule has 6 nitrogen and oxygen atoms in total. The summed E-state index contributed by atoms with van der Waals surface area (Å²) in [6, 6.07) is 14.3. The molecule has 0 radical (unpaired) electrons. The fourth-order valence-electron chi connectivity index (χ4n) is 5.32. The van der Waals surface area contributed by atoms with Gasteiger partial charge in [0, 0.05) is 36.8 Å². The molecule has 1 aliphatic rings. The molecule has 1 aromatic heterocycles. The van der Waals surface area contributed by atoms with Crippen molar-refractivity contribution in [3.05, 3.63) is 89.1 Å². The number of fused-ring (bicyclic) bond motifs is 1. The number of carboxylic acid groups (broad SMARTS) is 1. The normalized spacial score (nSPS) is 15.0. The summed E-state index contributed by atoms with van der Waals surface area (Å²) in [5, 5.41) is 13.1. The van der Waals surface area contributed by atoms with Gasteiger partial charge in [-0.15, -0.1) is 0 Å². The van der Waals surface area contributed by atoms with Gasteiger partial charge in [-0.25, -0.2) is 8.78 Å². The lowest BCUT2D eigenvalue weighted by molar-refractivity contribution is -0.136. The average molecular weight is 530 g/mol. The molecule has 0 unspecified atom stereocenters. The number of carboxylic acids is 1. The van der Waals surface area contributed by atoms with E-state index in [9.17, 15) is 23.5 Å². The van der Waals surface area contributed by atoms with Gasteiger partial charge in [0.15, 0.2) is 0 Å². The molecular formula is C31H29F2N3O3. The zero-order chi connectivity index (χ0) is 27.7. The van der Waals surface area contributed by atoms with E-state index in [1.165, 1.54) is 24.3 Å². The Balaban J connectivity index is 1.68. The summed E-state index contributed by atoms with van der Waals surface area (Å²) >= 11 is 0. The molecule has 2 N–H and O–H groups in total. The number of likely N-dealkylation sites (N-methyl/N-ethyl adjacent to an activating group) is 1. The smallest absolute Gasteiger partial charge is 0.307 e. The van der Waals surface area contributed by atoms with E-state index >= 15 is 0 Å². The van der Waals surface area contributed by atoms with Gasteiger partial charge in [-0.3, -0.25) is 14.6 Å². The molecule has 0 aliphatic carbocycles. The number of carbonyl (C=O) groups is 2. The van der Waals surface area contributed by atoms with E-state index in [4.69, 9.17) is 0 Å². The molecule has 1 saturated heterocycles. The Hall–Kier alpha value is -4.17. The first-order valence-corrected chi connectivity index (χ1v) is 12.9. The summed E-state index contributed by atoms with van der Waals surface area (Å²) in [4.78, 5) is 31.5. The number of benzene rings is 3. The number of nitrogens with zero attached hydrogens (tertiary/aromatic N) is 2. The van der Waals surface area contributed by atoms with Gasteiger partial charge < -0.3 is 15.3 Å². The average Bonchev–Trinajstić information content (AvgIpc) is 3.39. The van der Waals surface area contributed by atoms with Gasteiger partial charge in [-0.2, -0.15) is 0 Å². The number of aliphatic carboxylic acids is 1. The van der Waals surface area contributed by atoms with Crippen LogP contribution in [0.4, 0.5) is 8.78 Å². The van der Waals surface area contributed by atoms with Gasteiger partial charge >= 0.3 is 5.97 Å². The van der Waals surface area contributed by atoms with Crippen LogP contribution in [-0.2, 0) is 11.2 Å². The second-order valence-electron chi connectivity index (χ2n) is 10.2. The van der Waals surface area contributed by atoms with Crippen molar-refractivity contribution in [3.63, 3.8) is 0 Å². The molecule has 1 atom stereocenters. The lowest BCUT2D eigenvalue weighted by atomic mass is 9.93. The number of carbonyl (C=O) groups excluding carboxylic acids is 1. The topological polar surface area (TPSA) is 82.5 Å². The number of aromatic nitrogens is 1. The molecule has 8 heteroatoms. The predicted octanol–water partition coefficient (Wildman–Crippen LogP) is 5.61. The van der Waals surface area contributed by atoms with Gasteiger partial charge in [0.1, 0.15) is 11.6 Å². The van der Waals surface area contributed by atoms with E-state index in [1.807, 2.05) is 6.07 Å². The largest absolute Gasteiger partial charge is 0.481 e. The number of hydrogen-bond acceptors (Lipinski definition) is 4. The van der Waals surface area contributed by atoms with E-state index in [-0.39, 0.29) is 18.4 Å². The molecule has 0 spiro atoms. The van der Waals surface area contributed by atoms with Crippen molar-refractivity contribution in [2.45, 2.75) is 32.2 Å². The quantitative estimate of drug-likeness (QED) is 0.325. The Morgan fingerprint density at radius 2 is 1.79 bits per heavy atom. The fourth-order valence-corrected chi connectivity index (χ4v) is 5.32. The molecule has 1 amide bonds. The first kappa shape index (κ1) is 26.4. The summed E-state index contributed by atoms with van der Waals surface area (Å²) in [6.45, 7) is 3.23. The zero-order valence-electron chi connectivity index (χ0n) is 21.8. The Morgan fingerprint density at radius 3 is 2.51 bits per heavy atom. The van der Waals surface area contributed by atoms with Crippen LogP contribution in [0.1, 0.15) is 34.3 Å². The van der Waals surface area contributed by atoms with Gasteiger partial charge in [0.2, 0.25) is 0 Å². The van der Waals surface area contributed by atoms with E-state index in [1.54, 1.807) is 49.3 Å². The van der Waals surface area contributed by atoms with Gasteiger partial charge in [-0.05, 0) is 90.5 Å². The Bertz CT molecular complexity index is 1560. The zero-order valence-corrected chi connectivity index (χ0v) is 21.8. The maximum absolute atomic E-state index is 14.4. The van der Waals surface area contributed by atoms with E-state index in [0.717, 1.165) is 19.4 Å². The molecule has 0 saturated carbocycles. The van der Waals surface area contributed by atoms with Crippen molar-refractivity contribution in [1.82, 2.24) is 15.2 Å². The molecule has 1 aliphatic heterocycles. The van der Waals surface area contributed by atoms with Crippen LogP contribution < -0.4 is 5.32 Å². The van der Waals surface area contributed by atoms with Gasteiger partial charge in [0.05, 0.1) is 17.5 Å². The van der Waals surface area contributed by atoms with Crippen LogP contribution in [0, 0.1) is 18.6 Å². The highest BCUT2D eigenvalue weighted by Crippen LogP contribution is 2.34. The molecule has 39 heavy (non-hydrogen) atoms. The Labute approximate surface area is 225 Å². The number of nitrogens with one attached hydrogen (secondary N) is 1. The standard InChI is InChI=1S/C31H29F2N3O3/c1-18-8-22(14-23(32)9-18)27-16-35-28-6-5-20(21-10-19(12-29(37)38)11-24(33)13-21)15-26(28)30(27)31(39)36(2)17-25-4-3-7-34-25/h5-6,8-11,13-16,25,34H,3-4,7,12,17H2,1-2H3,(H,37,38)/t25-/m0/s1. The minimum Gasteiger partial charge on any atom is -0.481 e. The number of rotatable bonds is 7. The predicted molar refractivity (Wildman–Crippen MR) is 147 cm³/mol. The minimum atomic E-state index is -1.06. The van der Waals surface area contributed by atoms with Crippen LogP contribution in [0.25, 0.3) is 33.2 Å². The Kier molecular flexibility index (Phi) is 7.39. The summed E-state index contributed by atoms with van der Waals surface area (Å²) in [5.74, 6) is -2.24. The third kappa shape index (κ3) is 5.81. The third-order valence-corrected chi connectivity index (χ3v) is 7.08. The van der Waals surface area contributed by atoms with E-state index in [0.29, 0.717) is 56.4 Å². The maximum atomic E-state index is 14.4. The van der Waals surface area contributed by atoms with Crippen LogP contribution in [0.15, 0.2) is 60.8 Å². The van der Waals surface area contributed by atoms with Crippen LogP contribution in [0.5, 0.6) is 0 Å². The molecule has 2 heterocycles. The minimum absolute atomic E-state index is 0.197. The van der Waals surface area contributed by atoms with Crippen molar-refractivity contribution >= 4 is 22.8 Å². The first-order chi connectivity index (χ1) is 18.7. The molecule has 200 valence electrons. The van der Waals surface area contributed by atoms with Crippen molar-refractivity contribution < 1.29 is 23.5 Å². The van der Waals surface area contributed by atoms with Crippen molar-refractivity contribution in [2.24, 2.45) is 0 Å². The summed E-state index contributed by atoms with van der Waals surface area (Å²) < 4.78 is 28.9. The number of halogens is 2. The molecular weight excluding hydrogens is 500 g/mol. The highest BCUT2D eigenvalue weighted by Gasteiger charge is 2.25. The molecule has 3 aromatic carbocycles. The van der Waals surface area contributed by atoms with Gasteiger partial charge in [0.25, 0.3) is 5.91 Å². The SMILES string of the molecule is Cc1cc(F)cc(-c2cnc3ccc(-c4cc(F)cc(CC(=O)O)c4)cc3c2C(=O)N(C)C[C@@H]2CCCN2)c1. The molecule has 0 bridgehead atoms. The molecule has 5 rings (SSSR count). The second kappa shape index (κ2) is 10.9. The van der Waals surface area contributed by atoms with Crippen molar-refractivity contribution in [3.8, 4) is 22.3 Å². The van der Waals surface area contributed by atoms with Crippen LogP contribution in [-0.4, -0.2) is 53.0 Å². The van der Waals surface area contributed by atoms with Crippen molar-refractivity contribution in [2.75, 3.05) is 20.1 Å². The summed E-state index contributed by atoms with van der Waals surface area (Å²) in [6.07, 6.45) is 3.32. The molecule has 4 aromatic rings. The van der Waals surface area contributed by atoms with Crippen molar-refractivity contribution in [1.29, 1.82) is 0 Å². The van der Waals surface area contributed by atoms with Crippen LogP contribution in [0.2, 0.25) is 0 Å². The monoisotopic (exact) mass is 529 g/mol. The van der Waals surface area contributed by atoms with Gasteiger partial charge in [-0.1, -0.05) is 18.2 Å². The van der Waals surface area contributed by atoms with E-state index in [2.05, 4.69) is 10.3 Å². The summed E-state index contributed by atoms with van der Waals surface area (Å²) in [5.41, 5.74) is 4.13. The highest BCUT2D eigenvalue weighted by atomic mass is 19.1.